The smallest absolute Gasteiger partial charge is 0.235 e. The molecular weight excluding hydrogens is 313 g/mol. The van der Waals surface area contributed by atoms with Crippen LogP contribution in [0.15, 0.2) is 53.7 Å². The van der Waals surface area contributed by atoms with E-state index in [0.29, 0.717) is 5.56 Å². The third-order valence-electron chi connectivity index (χ3n) is 3.59. The average molecular weight is 329 g/mol. The molecule has 1 heterocycles. The molecule has 4 nitrogen and oxygen atoms in total. The van der Waals surface area contributed by atoms with Crippen molar-refractivity contribution in [3.63, 3.8) is 0 Å². The molecule has 0 aliphatic carbocycles. The summed E-state index contributed by atoms with van der Waals surface area (Å²) < 4.78 is 15.1. The highest BCUT2D eigenvalue weighted by atomic mass is 32.2. The van der Waals surface area contributed by atoms with E-state index in [-0.39, 0.29) is 5.82 Å². The van der Waals surface area contributed by atoms with Gasteiger partial charge in [-0.3, -0.25) is 4.79 Å². The van der Waals surface area contributed by atoms with Crippen LogP contribution in [0.1, 0.15) is 17.7 Å². The second-order valence-electron chi connectivity index (χ2n) is 5.08. The molecule has 6 heteroatoms. The number of aryl methyl sites for hydroxylation is 1. The number of amides is 1. The van der Waals surface area contributed by atoms with Crippen LogP contribution in [0.25, 0.3) is 11.0 Å². The minimum atomic E-state index is -0.613. The lowest BCUT2D eigenvalue weighted by Crippen LogP contribution is -2.19. The number of carbonyl (C=O) groups is 1. The summed E-state index contributed by atoms with van der Waals surface area (Å²) in [6.45, 7) is 2.76. The van der Waals surface area contributed by atoms with Gasteiger partial charge in [0, 0.05) is 6.54 Å². The first-order valence-electron chi connectivity index (χ1n) is 7.27. The Morgan fingerprint density at radius 2 is 1.96 bits per heavy atom. The topological polar surface area (TPSA) is 60.9 Å². The van der Waals surface area contributed by atoms with Gasteiger partial charge in [0.15, 0.2) is 5.16 Å². The third-order valence-corrected chi connectivity index (χ3v) is 4.85. The van der Waals surface area contributed by atoms with Gasteiger partial charge in [-0.15, -0.1) is 0 Å². The molecule has 0 aliphatic heterocycles. The molecule has 0 spiro atoms. The van der Waals surface area contributed by atoms with Crippen molar-refractivity contribution in [2.24, 2.45) is 5.73 Å². The molecule has 2 N–H and O–H groups in total. The van der Waals surface area contributed by atoms with Crippen molar-refractivity contribution >= 4 is 28.7 Å². The van der Waals surface area contributed by atoms with Crippen molar-refractivity contribution in [2.75, 3.05) is 0 Å². The number of thioether (sulfide) groups is 1. The van der Waals surface area contributed by atoms with Crippen LogP contribution >= 0.6 is 11.8 Å². The Hall–Kier alpha value is -2.34. The summed E-state index contributed by atoms with van der Waals surface area (Å²) in [6.07, 6.45) is 0. The zero-order chi connectivity index (χ0) is 16.4. The van der Waals surface area contributed by atoms with Crippen molar-refractivity contribution in [1.29, 1.82) is 0 Å². The zero-order valence-corrected chi connectivity index (χ0v) is 13.4. The number of fused-ring (bicyclic) bond motifs is 1. The van der Waals surface area contributed by atoms with Crippen LogP contribution in [0.5, 0.6) is 0 Å². The van der Waals surface area contributed by atoms with Gasteiger partial charge in [0.25, 0.3) is 0 Å². The molecule has 118 valence electrons. The van der Waals surface area contributed by atoms with Gasteiger partial charge in [0.2, 0.25) is 5.91 Å². The van der Waals surface area contributed by atoms with E-state index in [2.05, 4.69) is 4.98 Å². The number of rotatable bonds is 5. The Morgan fingerprint density at radius 3 is 2.61 bits per heavy atom. The molecule has 0 saturated carbocycles. The SMILES string of the molecule is CCn1c(SC(C(N)=O)c2ccc(F)cc2)nc2ccccc21. The Labute approximate surface area is 137 Å². The van der Waals surface area contributed by atoms with Gasteiger partial charge in [0.1, 0.15) is 11.1 Å². The third kappa shape index (κ3) is 3.07. The fourth-order valence-electron chi connectivity index (χ4n) is 2.48. The maximum absolute atomic E-state index is 13.1. The lowest BCUT2D eigenvalue weighted by atomic mass is 10.1. The quantitative estimate of drug-likeness (QED) is 0.729. The van der Waals surface area contributed by atoms with Crippen LogP contribution < -0.4 is 5.73 Å². The van der Waals surface area contributed by atoms with Gasteiger partial charge in [0.05, 0.1) is 11.0 Å². The second kappa shape index (κ2) is 6.42. The van der Waals surface area contributed by atoms with Crippen LogP contribution in [0, 0.1) is 5.82 Å². The average Bonchev–Trinajstić information content (AvgIpc) is 2.90. The first kappa shape index (κ1) is 15.6. The van der Waals surface area contributed by atoms with Crippen LogP contribution in [-0.2, 0) is 11.3 Å². The van der Waals surface area contributed by atoms with Crippen molar-refractivity contribution in [1.82, 2.24) is 9.55 Å². The Morgan fingerprint density at radius 1 is 1.26 bits per heavy atom. The summed E-state index contributed by atoms with van der Waals surface area (Å²) in [7, 11) is 0. The van der Waals surface area contributed by atoms with Crippen LogP contribution in [0.2, 0.25) is 0 Å². The molecule has 1 unspecified atom stereocenters. The Balaban J connectivity index is 2.00. The predicted octanol–water partition coefficient (Wildman–Crippen LogP) is 3.51. The second-order valence-corrected chi connectivity index (χ2v) is 6.15. The summed E-state index contributed by atoms with van der Waals surface area (Å²) in [5, 5.41) is 0.111. The number of aromatic nitrogens is 2. The lowest BCUT2D eigenvalue weighted by Gasteiger charge is -2.14. The van der Waals surface area contributed by atoms with Crippen molar-refractivity contribution in [2.45, 2.75) is 23.9 Å². The maximum atomic E-state index is 13.1. The molecule has 3 aromatic rings. The molecule has 0 bridgehead atoms. The van der Waals surface area contributed by atoms with E-state index < -0.39 is 11.2 Å². The molecule has 23 heavy (non-hydrogen) atoms. The summed E-state index contributed by atoms with van der Waals surface area (Å²) >= 11 is 1.29. The van der Waals surface area contributed by atoms with Gasteiger partial charge < -0.3 is 10.3 Å². The van der Waals surface area contributed by atoms with Gasteiger partial charge in [-0.2, -0.15) is 0 Å². The number of benzene rings is 2. The van der Waals surface area contributed by atoms with E-state index in [0.717, 1.165) is 22.7 Å². The normalized spacial score (nSPS) is 12.4. The summed E-state index contributed by atoms with van der Waals surface area (Å²) in [5.74, 6) is -0.820. The van der Waals surface area contributed by atoms with Crippen LogP contribution in [-0.4, -0.2) is 15.5 Å². The van der Waals surface area contributed by atoms with E-state index >= 15 is 0 Å². The summed E-state index contributed by atoms with van der Waals surface area (Å²) in [5.41, 5.74) is 8.10. The molecule has 1 amide bonds. The van der Waals surface area contributed by atoms with Crippen LogP contribution in [0.3, 0.4) is 0 Å². The predicted molar refractivity (Wildman–Crippen MR) is 89.6 cm³/mol. The number of nitrogens with zero attached hydrogens (tertiary/aromatic N) is 2. The Bertz CT molecular complexity index is 845. The zero-order valence-electron chi connectivity index (χ0n) is 12.6. The number of carbonyl (C=O) groups excluding carboxylic acids is 1. The van der Waals surface area contributed by atoms with E-state index in [4.69, 9.17) is 5.73 Å². The molecule has 3 rings (SSSR count). The fourth-order valence-corrected chi connectivity index (χ4v) is 3.61. The first-order chi connectivity index (χ1) is 11.1. The highest BCUT2D eigenvalue weighted by Gasteiger charge is 2.23. The van der Waals surface area contributed by atoms with E-state index in [1.54, 1.807) is 12.1 Å². The molecule has 0 fully saturated rings. The highest BCUT2D eigenvalue weighted by molar-refractivity contribution is 8.00. The minimum absolute atomic E-state index is 0.345. The van der Waals surface area contributed by atoms with Crippen molar-refractivity contribution in [3.8, 4) is 0 Å². The van der Waals surface area contributed by atoms with Gasteiger partial charge >= 0.3 is 0 Å². The number of imidazole rings is 1. The number of halogens is 1. The molecule has 0 aliphatic rings. The highest BCUT2D eigenvalue weighted by Crippen LogP contribution is 2.36. The number of hydrogen-bond acceptors (Lipinski definition) is 3. The van der Waals surface area contributed by atoms with Crippen molar-refractivity contribution < 1.29 is 9.18 Å². The number of primary amides is 1. The van der Waals surface area contributed by atoms with E-state index in [9.17, 15) is 9.18 Å². The summed E-state index contributed by atoms with van der Waals surface area (Å²) in [4.78, 5) is 16.5. The standard InChI is InChI=1S/C17H16FN3OS/c1-2-21-14-6-4-3-5-13(14)20-17(21)23-15(16(19)22)11-7-9-12(18)10-8-11/h3-10,15H,2H2,1H3,(H2,19,22). The first-order valence-corrected chi connectivity index (χ1v) is 8.15. The van der Waals surface area contributed by atoms with Gasteiger partial charge in [-0.25, -0.2) is 9.37 Å². The fraction of sp³-hybridized carbons (Fsp3) is 0.176. The molecule has 0 radical (unpaired) electrons. The maximum Gasteiger partial charge on any atom is 0.235 e. The molecule has 1 aromatic heterocycles. The Kier molecular flexibility index (Phi) is 4.34. The van der Waals surface area contributed by atoms with Crippen molar-refractivity contribution in [3.05, 3.63) is 59.9 Å². The molecule has 2 aromatic carbocycles. The van der Waals surface area contributed by atoms with Gasteiger partial charge in [-0.05, 0) is 36.8 Å². The monoisotopic (exact) mass is 329 g/mol. The van der Waals surface area contributed by atoms with E-state index in [1.165, 1.54) is 23.9 Å². The summed E-state index contributed by atoms with van der Waals surface area (Å²) in [6, 6.07) is 13.6. The lowest BCUT2D eigenvalue weighted by molar-refractivity contribution is -0.117. The molecule has 1 atom stereocenters. The minimum Gasteiger partial charge on any atom is -0.368 e. The van der Waals surface area contributed by atoms with Crippen LogP contribution in [0.4, 0.5) is 4.39 Å². The number of para-hydroxylation sites is 2. The molecular formula is C17H16FN3OS. The van der Waals surface area contributed by atoms with Gasteiger partial charge in [-0.1, -0.05) is 36.0 Å². The van der Waals surface area contributed by atoms with E-state index in [1.807, 2.05) is 35.8 Å². The molecule has 0 saturated heterocycles. The number of nitrogens with two attached hydrogens (primary N) is 1. The largest absolute Gasteiger partial charge is 0.368 e. The number of hydrogen-bond donors (Lipinski definition) is 1.